The summed E-state index contributed by atoms with van der Waals surface area (Å²) in [4.78, 5) is 6.49. The third-order valence-corrected chi connectivity index (χ3v) is 9.54. The molecule has 192 valence electrons. The zero-order valence-corrected chi connectivity index (χ0v) is 22.6. The lowest BCUT2D eigenvalue weighted by Gasteiger charge is -2.42. The van der Waals surface area contributed by atoms with Crippen molar-refractivity contribution in [3.05, 3.63) is 70.1 Å². The van der Waals surface area contributed by atoms with Crippen molar-refractivity contribution in [1.29, 1.82) is 5.41 Å². The van der Waals surface area contributed by atoms with Gasteiger partial charge in [0.15, 0.2) is 4.21 Å². The number of piperazine rings is 1. The van der Waals surface area contributed by atoms with E-state index in [1.54, 1.807) is 23.4 Å². The maximum atomic E-state index is 13.4. The fraction of sp³-hybridized carbons (Fsp3) is 0.385. The van der Waals surface area contributed by atoms with E-state index in [0.29, 0.717) is 31.1 Å². The van der Waals surface area contributed by atoms with E-state index in [9.17, 15) is 12.8 Å². The van der Waals surface area contributed by atoms with E-state index in [4.69, 9.17) is 5.41 Å². The lowest BCUT2D eigenvalue weighted by molar-refractivity contribution is 0.105. The number of nitrogens with zero attached hydrogens (tertiary/aromatic N) is 3. The minimum Gasteiger partial charge on any atom is -0.355 e. The Labute approximate surface area is 216 Å². The number of nitrogens with one attached hydrogen (secondary N) is 2. The molecular weight excluding hydrogens is 497 g/mol. The van der Waals surface area contributed by atoms with E-state index in [1.165, 1.54) is 35.9 Å². The van der Waals surface area contributed by atoms with Gasteiger partial charge in [0.2, 0.25) is 0 Å². The van der Waals surface area contributed by atoms with Crippen molar-refractivity contribution in [2.45, 2.75) is 37.9 Å². The van der Waals surface area contributed by atoms with Gasteiger partial charge in [-0.05, 0) is 67.3 Å². The first-order valence-corrected chi connectivity index (χ1v) is 14.2. The summed E-state index contributed by atoms with van der Waals surface area (Å²) >= 11 is 1.19. The first kappa shape index (κ1) is 26.4. The maximum Gasteiger partial charge on any atom is 0.254 e. The largest absolute Gasteiger partial charge is 0.355 e. The molecule has 0 amide bonds. The summed E-state index contributed by atoms with van der Waals surface area (Å²) in [6.07, 6.45) is 2.73. The molecule has 3 aromatic rings. The van der Waals surface area contributed by atoms with Crippen LogP contribution in [0.25, 0.3) is 0 Å². The van der Waals surface area contributed by atoms with Crippen LogP contribution in [0, 0.1) is 31.0 Å². The lowest BCUT2D eigenvalue weighted by Crippen LogP contribution is -2.51. The third-order valence-electron chi connectivity index (χ3n) is 6.32. The van der Waals surface area contributed by atoms with Crippen LogP contribution in [0.1, 0.15) is 41.6 Å². The third kappa shape index (κ3) is 5.67. The summed E-state index contributed by atoms with van der Waals surface area (Å²) in [6, 6.07) is 9.89. The molecule has 0 bridgehead atoms. The van der Waals surface area contributed by atoms with Gasteiger partial charge >= 0.3 is 0 Å². The molecule has 0 aliphatic carbocycles. The van der Waals surface area contributed by atoms with Crippen LogP contribution >= 0.6 is 11.3 Å². The van der Waals surface area contributed by atoms with Gasteiger partial charge in [-0.3, -0.25) is 4.90 Å². The SMILES string of the molecule is Cc1ncc(S(=O)(=O)N2CCN(CC(C)C)[C@H](c3cc(C=N)c(Nc4ccc(F)cc4)cc3C)C2)s1. The van der Waals surface area contributed by atoms with Gasteiger partial charge in [0.25, 0.3) is 10.0 Å². The number of sulfonamides is 1. The molecule has 1 aliphatic heterocycles. The van der Waals surface area contributed by atoms with Gasteiger partial charge in [0.05, 0.1) is 11.2 Å². The van der Waals surface area contributed by atoms with E-state index >= 15 is 0 Å². The zero-order valence-electron chi connectivity index (χ0n) is 21.0. The minimum absolute atomic E-state index is 0.150. The smallest absolute Gasteiger partial charge is 0.254 e. The Morgan fingerprint density at radius 3 is 2.56 bits per heavy atom. The van der Waals surface area contributed by atoms with Crippen molar-refractivity contribution in [1.82, 2.24) is 14.2 Å². The van der Waals surface area contributed by atoms with E-state index < -0.39 is 10.0 Å². The summed E-state index contributed by atoms with van der Waals surface area (Å²) in [7, 11) is -3.64. The van der Waals surface area contributed by atoms with Crippen molar-refractivity contribution in [2.75, 3.05) is 31.5 Å². The number of hydrogen-bond donors (Lipinski definition) is 2. The Bertz CT molecular complexity index is 1340. The number of aromatic nitrogens is 1. The Kier molecular flexibility index (Phi) is 7.89. The molecule has 0 spiro atoms. The summed E-state index contributed by atoms with van der Waals surface area (Å²) in [5.41, 5.74) is 4.15. The molecule has 2 N–H and O–H groups in total. The fourth-order valence-electron chi connectivity index (χ4n) is 4.60. The van der Waals surface area contributed by atoms with Crippen molar-refractivity contribution in [2.24, 2.45) is 5.92 Å². The molecule has 1 aliphatic rings. The van der Waals surface area contributed by atoms with Gasteiger partial charge in [0.1, 0.15) is 5.82 Å². The average Bonchev–Trinajstić information content (AvgIpc) is 3.28. The number of rotatable bonds is 8. The second-order valence-corrected chi connectivity index (χ2v) is 12.9. The van der Waals surface area contributed by atoms with Gasteiger partial charge in [-0.2, -0.15) is 4.31 Å². The van der Waals surface area contributed by atoms with Gasteiger partial charge in [-0.25, -0.2) is 17.8 Å². The standard InChI is InChI=1S/C26H32FN5O2S2/c1-17(2)15-31-9-10-32(36(33,34)26-14-29-19(4)35-26)16-25(31)23-12-20(13-28)24(11-18(23)3)30-22-7-5-21(27)6-8-22/h5-8,11-14,17,25,28,30H,9-10,15-16H2,1-4H3/t25-/m0/s1. The predicted octanol–water partition coefficient (Wildman–Crippen LogP) is 5.34. The fourth-order valence-corrected chi connectivity index (χ4v) is 7.30. The number of halogens is 1. The summed E-state index contributed by atoms with van der Waals surface area (Å²) in [5, 5.41) is 12.0. The molecule has 7 nitrogen and oxygen atoms in total. The number of anilines is 2. The van der Waals surface area contributed by atoms with E-state index in [-0.39, 0.29) is 16.1 Å². The normalized spacial score (nSPS) is 17.4. The minimum atomic E-state index is -3.64. The van der Waals surface area contributed by atoms with Crippen molar-refractivity contribution in [3.63, 3.8) is 0 Å². The number of hydrogen-bond acceptors (Lipinski definition) is 7. The molecule has 4 rings (SSSR count). The highest BCUT2D eigenvalue weighted by Crippen LogP contribution is 2.35. The van der Waals surface area contributed by atoms with Crippen LogP contribution < -0.4 is 5.32 Å². The highest BCUT2D eigenvalue weighted by molar-refractivity contribution is 7.91. The second kappa shape index (κ2) is 10.8. The van der Waals surface area contributed by atoms with E-state index in [0.717, 1.165) is 34.1 Å². The number of aryl methyl sites for hydroxylation is 2. The van der Waals surface area contributed by atoms with Crippen molar-refractivity contribution in [3.8, 4) is 0 Å². The number of thiazole rings is 1. The van der Waals surface area contributed by atoms with Crippen LogP contribution in [0.5, 0.6) is 0 Å². The topological polar surface area (TPSA) is 89.4 Å². The van der Waals surface area contributed by atoms with E-state index in [1.807, 2.05) is 19.1 Å². The Morgan fingerprint density at radius 2 is 1.94 bits per heavy atom. The van der Waals surface area contributed by atoms with Crippen LogP contribution in [0.2, 0.25) is 0 Å². The average molecular weight is 530 g/mol. The second-order valence-electron chi connectivity index (χ2n) is 9.54. The molecule has 0 unspecified atom stereocenters. The van der Waals surface area contributed by atoms with Crippen LogP contribution in [-0.4, -0.2) is 55.0 Å². The van der Waals surface area contributed by atoms with Crippen LogP contribution in [0.3, 0.4) is 0 Å². The number of benzene rings is 2. The Hall–Kier alpha value is -2.66. The van der Waals surface area contributed by atoms with Gasteiger partial charge in [-0.1, -0.05) is 13.8 Å². The monoisotopic (exact) mass is 529 g/mol. The van der Waals surface area contributed by atoms with Crippen LogP contribution in [-0.2, 0) is 10.0 Å². The van der Waals surface area contributed by atoms with Crippen LogP contribution in [0.4, 0.5) is 15.8 Å². The molecule has 2 aromatic carbocycles. The predicted molar refractivity (Wildman–Crippen MR) is 144 cm³/mol. The lowest BCUT2D eigenvalue weighted by atomic mass is 9.94. The van der Waals surface area contributed by atoms with Gasteiger partial charge in [-0.15, -0.1) is 11.3 Å². The molecule has 1 aromatic heterocycles. The summed E-state index contributed by atoms with van der Waals surface area (Å²) in [6.45, 7) is 10.3. The first-order chi connectivity index (χ1) is 17.1. The molecular formula is C26H32FN5O2S2. The Morgan fingerprint density at radius 1 is 1.22 bits per heavy atom. The van der Waals surface area contributed by atoms with E-state index in [2.05, 4.69) is 29.0 Å². The quantitative estimate of drug-likeness (QED) is 0.384. The van der Waals surface area contributed by atoms with Crippen molar-refractivity contribution >= 4 is 38.9 Å². The first-order valence-electron chi connectivity index (χ1n) is 11.9. The molecule has 2 heterocycles. The molecule has 10 heteroatoms. The Balaban J connectivity index is 1.69. The summed E-state index contributed by atoms with van der Waals surface area (Å²) < 4.78 is 42.0. The molecule has 1 saturated heterocycles. The molecule has 0 radical (unpaired) electrons. The van der Waals surface area contributed by atoms with Crippen LogP contribution in [0.15, 0.2) is 46.8 Å². The maximum absolute atomic E-state index is 13.4. The van der Waals surface area contributed by atoms with Crippen molar-refractivity contribution < 1.29 is 12.8 Å². The van der Waals surface area contributed by atoms with Gasteiger partial charge in [0, 0.05) is 55.4 Å². The van der Waals surface area contributed by atoms with Gasteiger partial charge < -0.3 is 10.7 Å². The summed E-state index contributed by atoms with van der Waals surface area (Å²) in [5.74, 6) is 0.108. The molecule has 1 atom stereocenters. The highest BCUT2D eigenvalue weighted by atomic mass is 32.2. The highest BCUT2D eigenvalue weighted by Gasteiger charge is 2.36. The zero-order chi connectivity index (χ0) is 26.0. The molecule has 0 saturated carbocycles. The molecule has 36 heavy (non-hydrogen) atoms. The molecule has 1 fully saturated rings.